The average molecular weight is 250 g/mol. The molecular weight excluding hydrogens is 234 g/mol. The van der Waals surface area contributed by atoms with Crippen molar-refractivity contribution in [1.82, 2.24) is 10.6 Å². The van der Waals surface area contributed by atoms with Gasteiger partial charge in [0.2, 0.25) is 0 Å². The van der Waals surface area contributed by atoms with Gasteiger partial charge in [-0.25, -0.2) is 0 Å². The third kappa shape index (κ3) is 17.3. The van der Waals surface area contributed by atoms with Crippen LogP contribution in [-0.2, 0) is 9.59 Å². The zero-order valence-corrected chi connectivity index (χ0v) is 14.8. The molecule has 0 aliphatic rings. The Labute approximate surface area is 140 Å². The van der Waals surface area contributed by atoms with Gasteiger partial charge in [-0.2, -0.15) is 0 Å². The van der Waals surface area contributed by atoms with Crippen LogP contribution in [0.3, 0.4) is 0 Å². The zero-order chi connectivity index (χ0) is 11.7. The minimum atomic E-state index is -1.07. The van der Waals surface area contributed by atoms with E-state index in [1.807, 2.05) is 0 Å². The average Bonchev–Trinajstić information content (AvgIpc) is 2.15. The van der Waals surface area contributed by atoms with Gasteiger partial charge in [0.25, 0.3) is 0 Å². The molecule has 0 aliphatic carbocycles. The summed E-state index contributed by atoms with van der Waals surface area (Å²) < 4.78 is 0. The van der Waals surface area contributed by atoms with Crippen LogP contribution >= 0.6 is 0 Å². The van der Waals surface area contributed by atoms with E-state index >= 15 is 0 Å². The first kappa shape index (κ1) is 25.6. The standard InChI is InChI=1S/2C4H9NO2.2Na/c2*1-3(5-2)4(6)7;;/h2*3,5H,1-2H3,(H,6,7);;/q;;2*+1/p-2/t2*3-;;/m00../s1. The van der Waals surface area contributed by atoms with Crippen LogP contribution in [0.5, 0.6) is 0 Å². The van der Waals surface area contributed by atoms with Crippen LogP contribution in [0.4, 0.5) is 0 Å². The molecule has 0 rings (SSSR count). The predicted octanol–water partition coefficient (Wildman–Crippen LogP) is -9.30. The fraction of sp³-hybridized carbons (Fsp3) is 0.750. The van der Waals surface area contributed by atoms with Crippen molar-refractivity contribution in [1.29, 1.82) is 0 Å². The fourth-order valence-electron chi connectivity index (χ4n) is 0.236. The van der Waals surface area contributed by atoms with Gasteiger partial charge in [-0.3, -0.25) is 0 Å². The normalized spacial score (nSPS) is 11.8. The number of likely N-dealkylation sites (N-methyl/N-ethyl adjacent to an activating group) is 2. The number of carbonyl (C=O) groups excluding carboxylic acids is 2. The first-order valence-corrected chi connectivity index (χ1v) is 4.13. The molecule has 0 aromatic carbocycles. The van der Waals surface area contributed by atoms with Crippen molar-refractivity contribution in [2.75, 3.05) is 14.1 Å². The number of carbonyl (C=O) groups is 2. The monoisotopic (exact) mass is 250 g/mol. The quantitative estimate of drug-likeness (QED) is 0.480. The van der Waals surface area contributed by atoms with Crippen LogP contribution < -0.4 is 80.0 Å². The van der Waals surface area contributed by atoms with Crippen LogP contribution in [0.2, 0.25) is 0 Å². The van der Waals surface area contributed by atoms with E-state index in [1.165, 1.54) is 13.8 Å². The molecule has 0 unspecified atom stereocenters. The first-order chi connectivity index (χ1) is 6.36. The Morgan fingerprint density at radius 1 is 0.875 bits per heavy atom. The van der Waals surface area contributed by atoms with E-state index in [-0.39, 0.29) is 59.1 Å². The molecule has 0 saturated carbocycles. The second-order valence-electron chi connectivity index (χ2n) is 2.66. The maximum absolute atomic E-state index is 9.76. The number of hydrogen-bond acceptors (Lipinski definition) is 6. The van der Waals surface area contributed by atoms with Gasteiger partial charge in [0.05, 0.1) is 11.9 Å². The maximum Gasteiger partial charge on any atom is 1.00 e. The van der Waals surface area contributed by atoms with E-state index < -0.39 is 24.0 Å². The van der Waals surface area contributed by atoms with E-state index in [1.54, 1.807) is 14.1 Å². The Morgan fingerprint density at radius 2 is 1.06 bits per heavy atom. The summed E-state index contributed by atoms with van der Waals surface area (Å²) in [5.41, 5.74) is 0. The van der Waals surface area contributed by atoms with Crippen molar-refractivity contribution < 1.29 is 78.9 Å². The summed E-state index contributed by atoms with van der Waals surface area (Å²) in [5, 5.41) is 24.5. The van der Waals surface area contributed by atoms with Crippen LogP contribution in [0.15, 0.2) is 0 Å². The molecule has 2 atom stereocenters. The maximum atomic E-state index is 9.76. The van der Waals surface area contributed by atoms with Gasteiger partial charge in [0, 0.05) is 12.1 Å². The van der Waals surface area contributed by atoms with E-state index in [0.717, 1.165) is 0 Å². The molecule has 8 heteroatoms. The van der Waals surface area contributed by atoms with E-state index in [2.05, 4.69) is 10.6 Å². The zero-order valence-electron chi connectivity index (χ0n) is 10.8. The second kappa shape index (κ2) is 15.9. The molecule has 0 bridgehead atoms. The van der Waals surface area contributed by atoms with Crippen LogP contribution in [-0.4, -0.2) is 38.1 Å². The number of aliphatic carboxylic acids is 2. The summed E-state index contributed by atoms with van der Waals surface area (Å²) >= 11 is 0. The van der Waals surface area contributed by atoms with Gasteiger partial charge in [-0.15, -0.1) is 0 Å². The molecule has 6 nitrogen and oxygen atoms in total. The number of nitrogens with one attached hydrogen (secondary N) is 2. The van der Waals surface area contributed by atoms with Crippen LogP contribution in [0.1, 0.15) is 13.8 Å². The molecule has 0 aromatic heterocycles. The fourth-order valence-corrected chi connectivity index (χ4v) is 0.236. The predicted molar refractivity (Wildman–Crippen MR) is 47.1 cm³/mol. The van der Waals surface area contributed by atoms with E-state index in [9.17, 15) is 19.8 Å². The summed E-state index contributed by atoms with van der Waals surface area (Å²) in [7, 11) is 3.14. The molecule has 0 spiro atoms. The molecule has 0 aromatic rings. The van der Waals surface area contributed by atoms with Gasteiger partial charge >= 0.3 is 59.1 Å². The molecule has 0 aliphatic heterocycles. The molecule has 0 amide bonds. The van der Waals surface area contributed by atoms with Crippen molar-refractivity contribution in [3.8, 4) is 0 Å². The topological polar surface area (TPSA) is 104 Å². The Hall–Kier alpha value is 0.860. The smallest absolute Gasteiger partial charge is 0.548 e. The van der Waals surface area contributed by atoms with Gasteiger partial charge in [-0.1, -0.05) is 0 Å². The van der Waals surface area contributed by atoms with Gasteiger partial charge in [0.1, 0.15) is 0 Å². The van der Waals surface area contributed by atoms with E-state index in [0.29, 0.717) is 0 Å². The number of hydrogen-bond donors (Lipinski definition) is 2. The molecular formula is C8H16N2Na2O4. The molecule has 0 fully saturated rings. The van der Waals surface area contributed by atoms with Crippen molar-refractivity contribution in [2.24, 2.45) is 0 Å². The summed E-state index contributed by atoms with van der Waals surface area (Å²) in [5.74, 6) is -2.13. The summed E-state index contributed by atoms with van der Waals surface area (Å²) in [6, 6.07) is -1.08. The third-order valence-corrected chi connectivity index (χ3v) is 1.57. The number of carboxylic acids is 2. The van der Waals surface area contributed by atoms with Crippen LogP contribution in [0, 0.1) is 0 Å². The van der Waals surface area contributed by atoms with Crippen molar-refractivity contribution in [3.63, 3.8) is 0 Å². The van der Waals surface area contributed by atoms with Crippen molar-refractivity contribution in [2.45, 2.75) is 25.9 Å². The molecule has 84 valence electrons. The summed E-state index contributed by atoms with van der Waals surface area (Å²) in [4.78, 5) is 19.5. The second-order valence-corrected chi connectivity index (χ2v) is 2.66. The first-order valence-electron chi connectivity index (χ1n) is 4.13. The molecule has 16 heavy (non-hydrogen) atoms. The third-order valence-electron chi connectivity index (χ3n) is 1.57. The number of carboxylic acid groups (broad SMARTS) is 2. The SMILES string of the molecule is CN[C@@H](C)C(=O)[O-].CN[C@@H](C)C(=O)[O-].[Na+].[Na+]. The molecule has 2 N–H and O–H groups in total. The van der Waals surface area contributed by atoms with Crippen molar-refractivity contribution >= 4 is 11.9 Å². The minimum absolute atomic E-state index is 0. The summed E-state index contributed by atoms with van der Waals surface area (Å²) in [6.45, 7) is 3.05. The summed E-state index contributed by atoms with van der Waals surface area (Å²) in [6.07, 6.45) is 0. The van der Waals surface area contributed by atoms with Crippen LogP contribution in [0.25, 0.3) is 0 Å². The Bertz CT molecular complexity index is 173. The van der Waals surface area contributed by atoms with E-state index in [4.69, 9.17) is 0 Å². The minimum Gasteiger partial charge on any atom is -0.548 e. The Balaban J connectivity index is -0.0000000800. The molecule has 0 radical (unpaired) electrons. The van der Waals surface area contributed by atoms with Gasteiger partial charge in [-0.05, 0) is 27.9 Å². The number of rotatable bonds is 4. The molecule has 0 heterocycles. The Kier molecular flexibility index (Phi) is 25.4. The molecule has 0 saturated heterocycles. The van der Waals surface area contributed by atoms with Gasteiger partial charge < -0.3 is 30.4 Å². The largest absolute Gasteiger partial charge is 1.00 e. The van der Waals surface area contributed by atoms with Crippen molar-refractivity contribution in [3.05, 3.63) is 0 Å². The van der Waals surface area contributed by atoms with Gasteiger partial charge in [0.15, 0.2) is 0 Å². The Morgan fingerprint density at radius 3 is 1.06 bits per heavy atom.